The van der Waals surface area contributed by atoms with Gasteiger partial charge in [-0.25, -0.2) is 4.39 Å². The van der Waals surface area contributed by atoms with Crippen molar-refractivity contribution in [2.75, 3.05) is 11.9 Å². The lowest BCUT2D eigenvalue weighted by molar-refractivity contribution is -0.125. The number of ketones is 1. The summed E-state index contributed by atoms with van der Waals surface area (Å²) in [5.41, 5.74) is 4.83. The molecule has 5 heteroatoms. The molecule has 0 saturated heterocycles. The van der Waals surface area contributed by atoms with Crippen molar-refractivity contribution in [3.63, 3.8) is 0 Å². The first-order valence-corrected chi connectivity index (χ1v) is 5.59. The Kier molecular flexibility index (Phi) is 4.06. The number of nitrogens with two attached hydrogens (primary N) is 1. The van der Waals surface area contributed by atoms with Crippen molar-refractivity contribution in [2.45, 2.75) is 20.8 Å². The Morgan fingerprint density at radius 2 is 2.00 bits per heavy atom. The number of hydrogen-bond acceptors (Lipinski definition) is 3. The summed E-state index contributed by atoms with van der Waals surface area (Å²) < 4.78 is 13.5. The van der Waals surface area contributed by atoms with Gasteiger partial charge >= 0.3 is 0 Å². The van der Waals surface area contributed by atoms with E-state index in [-0.39, 0.29) is 17.9 Å². The van der Waals surface area contributed by atoms with Crippen molar-refractivity contribution in [2.24, 2.45) is 11.1 Å². The second kappa shape index (κ2) is 5.16. The number of halogens is 1. The Morgan fingerprint density at radius 1 is 1.39 bits per heavy atom. The van der Waals surface area contributed by atoms with Crippen LogP contribution >= 0.6 is 0 Å². The van der Waals surface area contributed by atoms with Crippen LogP contribution in [0.4, 0.5) is 10.1 Å². The lowest BCUT2D eigenvalue weighted by Crippen LogP contribution is -2.37. The highest BCUT2D eigenvalue weighted by Gasteiger charge is 2.25. The van der Waals surface area contributed by atoms with E-state index in [1.54, 1.807) is 19.9 Å². The number of primary amides is 1. The van der Waals surface area contributed by atoms with Gasteiger partial charge in [-0.05, 0) is 32.9 Å². The number of rotatable bonds is 5. The van der Waals surface area contributed by atoms with Crippen LogP contribution in [0, 0.1) is 11.2 Å². The zero-order chi connectivity index (χ0) is 13.9. The largest absolute Gasteiger partial charge is 0.383 e. The molecule has 0 heterocycles. The maximum atomic E-state index is 13.5. The zero-order valence-electron chi connectivity index (χ0n) is 10.7. The maximum absolute atomic E-state index is 13.5. The van der Waals surface area contributed by atoms with Crippen LogP contribution in [0.3, 0.4) is 0 Å². The van der Waals surface area contributed by atoms with Gasteiger partial charge in [-0.15, -0.1) is 0 Å². The number of carbonyl (C=O) groups excluding carboxylic acids is 2. The van der Waals surface area contributed by atoms with Crippen LogP contribution in [-0.2, 0) is 4.79 Å². The fourth-order valence-electron chi connectivity index (χ4n) is 1.43. The molecular formula is C13H17FN2O2. The molecule has 0 unspecified atom stereocenters. The van der Waals surface area contributed by atoms with Crippen molar-refractivity contribution < 1.29 is 14.0 Å². The van der Waals surface area contributed by atoms with Crippen LogP contribution in [0.2, 0.25) is 0 Å². The van der Waals surface area contributed by atoms with Gasteiger partial charge in [0.1, 0.15) is 5.82 Å². The van der Waals surface area contributed by atoms with Crippen molar-refractivity contribution in [3.8, 4) is 0 Å². The molecule has 0 aliphatic heterocycles. The van der Waals surface area contributed by atoms with E-state index in [0.717, 1.165) is 0 Å². The van der Waals surface area contributed by atoms with E-state index in [9.17, 15) is 14.0 Å². The molecule has 0 bridgehead atoms. The number of hydrogen-bond donors (Lipinski definition) is 2. The third-order valence-corrected chi connectivity index (χ3v) is 2.75. The van der Waals surface area contributed by atoms with Gasteiger partial charge < -0.3 is 11.1 Å². The van der Waals surface area contributed by atoms with Gasteiger partial charge in [-0.1, -0.05) is 6.07 Å². The molecule has 4 nitrogen and oxygen atoms in total. The molecule has 1 aromatic rings. The zero-order valence-corrected chi connectivity index (χ0v) is 10.7. The number of amides is 1. The summed E-state index contributed by atoms with van der Waals surface area (Å²) in [7, 11) is 0. The highest BCUT2D eigenvalue weighted by Crippen LogP contribution is 2.22. The molecule has 98 valence electrons. The Morgan fingerprint density at radius 3 is 2.50 bits per heavy atom. The van der Waals surface area contributed by atoms with Gasteiger partial charge in [0.15, 0.2) is 5.78 Å². The maximum Gasteiger partial charge on any atom is 0.224 e. The molecule has 0 spiro atoms. The Balaban J connectivity index is 2.96. The molecule has 0 atom stereocenters. The third kappa shape index (κ3) is 3.06. The summed E-state index contributed by atoms with van der Waals surface area (Å²) in [5, 5.41) is 2.90. The monoisotopic (exact) mass is 252 g/mol. The van der Waals surface area contributed by atoms with Crippen LogP contribution in [0.25, 0.3) is 0 Å². The number of nitrogens with one attached hydrogen (secondary N) is 1. The van der Waals surface area contributed by atoms with E-state index in [2.05, 4.69) is 5.32 Å². The van der Waals surface area contributed by atoms with Gasteiger partial charge in [0.05, 0.1) is 11.0 Å². The topological polar surface area (TPSA) is 72.2 Å². The molecule has 0 saturated carbocycles. The summed E-state index contributed by atoms with van der Waals surface area (Å²) in [6, 6.07) is 4.32. The number of benzene rings is 1. The van der Waals surface area contributed by atoms with Crippen molar-refractivity contribution in [3.05, 3.63) is 29.6 Å². The van der Waals surface area contributed by atoms with Gasteiger partial charge in [0, 0.05) is 12.2 Å². The van der Waals surface area contributed by atoms with Crippen LogP contribution < -0.4 is 11.1 Å². The minimum atomic E-state index is -0.777. The average molecular weight is 252 g/mol. The predicted octanol–water partition coefficient (Wildman–Crippen LogP) is 1.95. The molecule has 0 aromatic heterocycles. The smallest absolute Gasteiger partial charge is 0.224 e. The first-order chi connectivity index (χ1) is 8.25. The third-order valence-electron chi connectivity index (χ3n) is 2.75. The van der Waals surface area contributed by atoms with E-state index in [1.165, 1.54) is 19.1 Å². The molecule has 1 amide bonds. The minimum absolute atomic E-state index is 0.00206. The van der Waals surface area contributed by atoms with Crippen LogP contribution in [0.1, 0.15) is 31.1 Å². The summed E-state index contributed by atoms with van der Waals surface area (Å²) >= 11 is 0. The molecule has 0 aliphatic carbocycles. The molecule has 0 radical (unpaired) electrons. The van der Waals surface area contributed by atoms with Crippen molar-refractivity contribution in [1.29, 1.82) is 0 Å². The average Bonchev–Trinajstić information content (AvgIpc) is 2.25. The van der Waals surface area contributed by atoms with E-state index >= 15 is 0 Å². The van der Waals surface area contributed by atoms with Crippen LogP contribution in [0.15, 0.2) is 18.2 Å². The van der Waals surface area contributed by atoms with Crippen molar-refractivity contribution in [1.82, 2.24) is 0 Å². The van der Waals surface area contributed by atoms with E-state index in [0.29, 0.717) is 5.69 Å². The van der Waals surface area contributed by atoms with Gasteiger partial charge in [-0.3, -0.25) is 9.59 Å². The highest BCUT2D eigenvalue weighted by molar-refractivity contribution is 5.99. The molecule has 0 fully saturated rings. The Hall–Kier alpha value is -1.91. The van der Waals surface area contributed by atoms with Crippen molar-refractivity contribution >= 4 is 17.4 Å². The van der Waals surface area contributed by atoms with Gasteiger partial charge in [-0.2, -0.15) is 0 Å². The first-order valence-electron chi connectivity index (χ1n) is 5.59. The Bertz CT molecular complexity index is 484. The molecule has 18 heavy (non-hydrogen) atoms. The van der Waals surface area contributed by atoms with E-state index in [4.69, 9.17) is 5.73 Å². The Labute approximate surface area is 105 Å². The highest BCUT2D eigenvalue weighted by atomic mass is 19.1. The predicted molar refractivity (Wildman–Crippen MR) is 67.9 cm³/mol. The molecule has 3 N–H and O–H groups in total. The quantitative estimate of drug-likeness (QED) is 0.787. The van der Waals surface area contributed by atoms with Crippen LogP contribution in [-0.4, -0.2) is 18.2 Å². The molecular weight excluding hydrogens is 235 g/mol. The second-order valence-corrected chi connectivity index (χ2v) is 4.82. The summed E-state index contributed by atoms with van der Waals surface area (Å²) in [5.74, 6) is -1.41. The fraction of sp³-hybridized carbons (Fsp3) is 0.385. The van der Waals surface area contributed by atoms with Crippen LogP contribution in [0.5, 0.6) is 0 Å². The number of anilines is 1. The summed E-state index contributed by atoms with van der Waals surface area (Å²) in [4.78, 5) is 22.5. The summed E-state index contributed by atoms with van der Waals surface area (Å²) in [6.45, 7) is 4.87. The number of Topliss-reactive ketones (excluding diaryl/α,β-unsaturated/α-hetero) is 1. The normalized spacial score (nSPS) is 11.1. The lowest BCUT2D eigenvalue weighted by Gasteiger charge is -2.22. The fourth-order valence-corrected chi connectivity index (χ4v) is 1.43. The first kappa shape index (κ1) is 14.2. The van der Waals surface area contributed by atoms with Gasteiger partial charge in [0.2, 0.25) is 5.91 Å². The van der Waals surface area contributed by atoms with E-state index in [1.807, 2.05) is 0 Å². The number of carbonyl (C=O) groups is 2. The van der Waals surface area contributed by atoms with E-state index < -0.39 is 17.1 Å². The summed E-state index contributed by atoms with van der Waals surface area (Å²) in [6.07, 6.45) is 0. The standard InChI is InChI=1S/C13H17FN2O2/c1-8(17)11-9(14)5-4-6-10(11)16-7-13(2,3)12(15)18/h4-6,16H,7H2,1-3H3,(H2,15,18). The van der Waals surface area contributed by atoms with Gasteiger partial charge in [0.25, 0.3) is 0 Å². The minimum Gasteiger partial charge on any atom is -0.383 e. The second-order valence-electron chi connectivity index (χ2n) is 4.82. The lowest BCUT2D eigenvalue weighted by atomic mass is 9.92. The SMILES string of the molecule is CC(=O)c1c(F)cccc1NCC(C)(C)C(N)=O. The molecule has 1 rings (SSSR count). The molecule has 1 aromatic carbocycles. The molecule has 0 aliphatic rings.